The van der Waals surface area contributed by atoms with Crippen LogP contribution in [0.3, 0.4) is 0 Å². The van der Waals surface area contributed by atoms with Crippen molar-refractivity contribution in [1.82, 2.24) is 25.8 Å². The first-order valence-electron chi connectivity index (χ1n) is 16.1. The number of likely N-dealkylation sites (tertiary alicyclic amines) is 2. The molecule has 0 aromatic heterocycles. The van der Waals surface area contributed by atoms with Gasteiger partial charge in [-0.05, 0) is 63.2 Å². The van der Waals surface area contributed by atoms with Crippen LogP contribution in [-0.4, -0.2) is 113 Å². The summed E-state index contributed by atoms with van der Waals surface area (Å²) in [5, 5.41) is 17.8. The second kappa shape index (κ2) is 18.3. The van der Waals surface area contributed by atoms with Crippen LogP contribution < -0.4 is 33.2 Å². The quantitative estimate of drug-likeness (QED) is 0.0550. The Kier molecular flexibility index (Phi) is 15.2. The second-order valence-corrected chi connectivity index (χ2v) is 12.9. The van der Waals surface area contributed by atoms with Gasteiger partial charge in [-0.1, -0.05) is 27.7 Å². The second-order valence-electron chi connectivity index (χ2n) is 12.9. The van der Waals surface area contributed by atoms with Crippen molar-refractivity contribution in [3.8, 4) is 0 Å². The molecule has 0 aromatic rings. The van der Waals surface area contributed by atoms with E-state index < -0.39 is 59.8 Å². The Morgan fingerprint density at radius 1 is 0.804 bits per heavy atom. The number of amides is 5. The number of guanidine groups is 1. The van der Waals surface area contributed by atoms with E-state index in [0.29, 0.717) is 51.6 Å². The van der Waals surface area contributed by atoms with E-state index in [1.165, 1.54) is 9.80 Å². The molecule has 0 radical (unpaired) electrons. The topological polar surface area (TPSA) is 256 Å². The minimum absolute atomic E-state index is 0.0190. The molecule has 2 rings (SSSR count). The van der Waals surface area contributed by atoms with Gasteiger partial charge in [0.05, 0.1) is 6.54 Å². The summed E-state index contributed by atoms with van der Waals surface area (Å²) < 4.78 is 0. The van der Waals surface area contributed by atoms with Crippen LogP contribution in [0.4, 0.5) is 0 Å². The van der Waals surface area contributed by atoms with Gasteiger partial charge in [-0.15, -0.1) is 0 Å². The summed E-state index contributed by atoms with van der Waals surface area (Å²) in [5.41, 5.74) is 16.1. The smallest absolute Gasteiger partial charge is 0.326 e. The van der Waals surface area contributed by atoms with Crippen molar-refractivity contribution in [1.29, 1.82) is 0 Å². The van der Waals surface area contributed by atoms with E-state index in [4.69, 9.17) is 17.2 Å². The molecule has 5 atom stereocenters. The molecular formula is C30H53N9O7. The minimum Gasteiger partial charge on any atom is -0.480 e. The first-order chi connectivity index (χ1) is 21.7. The number of nitrogens with one attached hydrogen (secondary N) is 3. The summed E-state index contributed by atoms with van der Waals surface area (Å²) in [6, 6.07) is -4.76. The number of carboxylic acid groups (broad SMARTS) is 1. The van der Waals surface area contributed by atoms with E-state index in [2.05, 4.69) is 20.9 Å². The molecule has 2 aliphatic heterocycles. The maximum Gasteiger partial charge on any atom is 0.326 e. The van der Waals surface area contributed by atoms with Gasteiger partial charge in [0.2, 0.25) is 29.5 Å². The Bertz CT molecular complexity index is 1130. The summed E-state index contributed by atoms with van der Waals surface area (Å²) >= 11 is 0. The zero-order chi connectivity index (χ0) is 34.6. The number of nitrogens with two attached hydrogens (primary N) is 3. The lowest BCUT2D eigenvalue weighted by atomic mass is 10.0. The Morgan fingerprint density at radius 3 is 1.85 bits per heavy atom. The van der Waals surface area contributed by atoms with Gasteiger partial charge in [-0.25, -0.2) is 4.79 Å². The van der Waals surface area contributed by atoms with Crippen molar-refractivity contribution in [3.63, 3.8) is 0 Å². The number of rotatable bonds is 17. The Hall–Kier alpha value is -3.95. The number of aliphatic carboxylic acids is 1. The number of hydrogen-bond acceptors (Lipinski definition) is 8. The molecule has 2 heterocycles. The van der Waals surface area contributed by atoms with Gasteiger partial charge in [0.15, 0.2) is 5.96 Å². The zero-order valence-electron chi connectivity index (χ0n) is 27.5. The van der Waals surface area contributed by atoms with E-state index >= 15 is 0 Å². The van der Waals surface area contributed by atoms with Crippen LogP contribution in [0.25, 0.3) is 0 Å². The highest BCUT2D eigenvalue weighted by Gasteiger charge is 2.41. The predicted octanol–water partition coefficient (Wildman–Crippen LogP) is -1.39. The maximum atomic E-state index is 13.9. The van der Waals surface area contributed by atoms with Gasteiger partial charge < -0.3 is 48.1 Å². The fourth-order valence-corrected chi connectivity index (χ4v) is 5.92. The Morgan fingerprint density at radius 2 is 1.33 bits per heavy atom. The fraction of sp³-hybridized carbons (Fsp3) is 0.767. The number of carbonyl (C=O) groups excluding carboxylic acids is 5. The highest BCUT2D eigenvalue weighted by atomic mass is 16.4. The fourth-order valence-electron chi connectivity index (χ4n) is 5.92. The van der Waals surface area contributed by atoms with Crippen LogP contribution in [-0.2, 0) is 28.8 Å². The van der Waals surface area contributed by atoms with Gasteiger partial charge in [0.1, 0.15) is 30.2 Å². The van der Waals surface area contributed by atoms with Gasteiger partial charge in [-0.3, -0.25) is 29.0 Å². The molecule has 2 aliphatic rings. The summed E-state index contributed by atoms with van der Waals surface area (Å²) in [5.74, 6) is -3.68. The lowest BCUT2D eigenvalue weighted by Crippen LogP contribution is -2.58. The largest absolute Gasteiger partial charge is 0.480 e. The van der Waals surface area contributed by atoms with E-state index in [9.17, 15) is 33.9 Å². The molecule has 0 unspecified atom stereocenters. The van der Waals surface area contributed by atoms with E-state index in [0.717, 1.165) is 0 Å². The van der Waals surface area contributed by atoms with Crippen molar-refractivity contribution >= 4 is 41.5 Å². The number of carbonyl (C=O) groups is 6. The van der Waals surface area contributed by atoms with Gasteiger partial charge in [0, 0.05) is 19.6 Å². The third-order valence-corrected chi connectivity index (χ3v) is 8.11. The zero-order valence-corrected chi connectivity index (χ0v) is 27.5. The third-order valence-electron chi connectivity index (χ3n) is 8.11. The van der Waals surface area contributed by atoms with Gasteiger partial charge >= 0.3 is 5.97 Å². The highest BCUT2D eigenvalue weighted by molar-refractivity contribution is 5.96. The molecule has 10 N–H and O–H groups in total. The monoisotopic (exact) mass is 651 g/mol. The molecule has 5 amide bonds. The normalized spacial score (nSPS) is 19.8. The summed E-state index contributed by atoms with van der Waals surface area (Å²) in [6.45, 7) is 8.27. The molecule has 0 aliphatic carbocycles. The molecule has 0 spiro atoms. The number of carboxylic acids is 1. The van der Waals surface area contributed by atoms with Crippen LogP contribution in [0.15, 0.2) is 4.99 Å². The molecule has 260 valence electrons. The standard InChI is InChI=1S/C30H53N9O7/c1-17(2)14-20(25(41)35-19(29(45)46)8-5-11-34-30(32)33)36-27(43)23-10-7-13-39(23)28(44)21(15-18(3)4)37-26(42)22-9-6-12-38(22)24(40)16-31/h17-23H,5-16,31H2,1-4H3,(H,35,41)(H,36,43)(H,37,42)(H,45,46)(H4,32,33,34)/t19-,20-,21-,22-,23-/m0/s1. The molecule has 16 heteroatoms. The molecule has 2 saturated heterocycles. The molecule has 0 aromatic carbocycles. The van der Waals surface area contributed by atoms with Gasteiger partial charge in [0.25, 0.3) is 0 Å². The first kappa shape index (κ1) is 38.2. The first-order valence-corrected chi connectivity index (χ1v) is 16.1. The Labute approximate surface area is 270 Å². The third kappa shape index (κ3) is 11.4. The average Bonchev–Trinajstić information content (AvgIpc) is 3.67. The minimum atomic E-state index is -1.23. The molecule has 0 bridgehead atoms. The molecule has 16 nitrogen and oxygen atoms in total. The Balaban J connectivity index is 2.16. The lowest BCUT2D eigenvalue weighted by molar-refractivity contribution is -0.144. The SMILES string of the molecule is CC(C)C[C@H](NC(=O)[C@@H]1CCCN1C(=O)[C@H](CC(C)C)NC(=O)[C@@H]1CCCN1C(=O)CN)C(=O)N[C@@H](CCCN=C(N)N)C(=O)O. The average molecular weight is 652 g/mol. The van der Waals surface area contributed by atoms with Crippen LogP contribution in [0.1, 0.15) is 79.1 Å². The van der Waals surface area contributed by atoms with E-state index in [-0.39, 0.29) is 49.6 Å². The van der Waals surface area contributed by atoms with Crippen LogP contribution in [0, 0.1) is 11.8 Å². The van der Waals surface area contributed by atoms with Gasteiger partial charge in [-0.2, -0.15) is 0 Å². The molecule has 2 fully saturated rings. The van der Waals surface area contributed by atoms with Crippen molar-refractivity contribution in [2.24, 2.45) is 34.0 Å². The van der Waals surface area contributed by atoms with Crippen molar-refractivity contribution in [2.75, 3.05) is 26.2 Å². The van der Waals surface area contributed by atoms with Crippen LogP contribution in [0.5, 0.6) is 0 Å². The lowest BCUT2D eigenvalue weighted by Gasteiger charge is -2.32. The highest BCUT2D eigenvalue weighted by Crippen LogP contribution is 2.23. The predicted molar refractivity (Wildman–Crippen MR) is 171 cm³/mol. The van der Waals surface area contributed by atoms with E-state index in [1.807, 2.05) is 27.7 Å². The summed E-state index contributed by atoms with van der Waals surface area (Å²) in [6.07, 6.45) is 2.98. The van der Waals surface area contributed by atoms with E-state index in [1.54, 1.807) is 0 Å². The van der Waals surface area contributed by atoms with Crippen molar-refractivity contribution < 1.29 is 33.9 Å². The molecule has 46 heavy (non-hydrogen) atoms. The number of nitrogens with zero attached hydrogens (tertiary/aromatic N) is 3. The maximum absolute atomic E-state index is 13.9. The van der Waals surface area contributed by atoms with Crippen LogP contribution >= 0.6 is 0 Å². The number of hydrogen-bond donors (Lipinski definition) is 7. The summed E-state index contributed by atoms with van der Waals surface area (Å²) in [4.78, 5) is 84.8. The molecular weight excluding hydrogens is 598 g/mol. The summed E-state index contributed by atoms with van der Waals surface area (Å²) in [7, 11) is 0. The van der Waals surface area contributed by atoms with Crippen molar-refractivity contribution in [2.45, 2.75) is 109 Å². The van der Waals surface area contributed by atoms with Crippen molar-refractivity contribution in [3.05, 3.63) is 0 Å². The molecule has 0 saturated carbocycles. The number of aliphatic imine (C=N–C) groups is 1. The van der Waals surface area contributed by atoms with Crippen LogP contribution in [0.2, 0.25) is 0 Å².